The second-order valence-electron chi connectivity index (χ2n) is 7.08. The third-order valence-electron chi connectivity index (χ3n) is 4.79. The number of nitrogens with zero attached hydrogens (tertiary/aromatic N) is 2. The zero-order valence-electron chi connectivity index (χ0n) is 17.3. The van der Waals surface area contributed by atoms with Gasteiger partial charge >= 0.3 is 5.97 Å². The summed E-state index contributed by atoms with van der Waals surface area (Å²) >= 11 is 1.54. The van der Waals surface area contributed by atoms with Crippen molar-refractivity contribution in [3.63, 3.8) is 0 Å². The number of hydrogen-bond acceptors (Lipinski definition) is 7. The first-order valence-corrected chi connectivity index (χ1v) is 10.8. The molecule has 0 amide bonds. The van der Waals surface area contributed by atoms with E-state index in [1.165, 1.54) is 11.3 Å². The predicted octanol–water partition coefficient (Wildman–Crippen LogP) is 5.28. The summed E-state index contributed by atoms with van der Waals surface area (Å²) in [5.74, 6) is 1.18. The van der Waals surface area contributed by atoms with Gasteiger partial charge in [-0.2, -0.15) is 0 Å². The summed E-state index contributed by atoms with van der Waals surface area (Å²) in [6, 6.07) is 17.3. The fraction of sp³-hybridized carbons (Fsp3) is 0.208. The first kappa shape index (κ1) is 20.8. The lowest BCUT2D eigenvalue weighted by atomic mass is 10.1. The topological polar surface area (TPSA) is 74.5 Å². The van der Waals surface area contributed by atoms with Crippen molar-refractivity contribution in [2.24, 2.45) is 0 Å². The predicted molar refractivity (Wildman–Crippen MR) is 118 cm³/mol. The van der Waals surface area contributed by atoms with E-state index in [2.05, 4.69) is 10.1 Å². The standard InChI is InChI=1S/C24H22N2O4S/c1-16-22(17(2)30-26-16)14-28-21-10-8-18(9-11-21)12-23(27)29-13-20-15-31-24(25-20)19-6-4-3-5-7-19/h3-11,15H,12-14H2,1-2H3. The van der Waals surface area contributed by atoms with Gasteiger partial charge in [0.1, 0.15) is 29.7 Å². The van der Waals surface area contributed by atoms with Gasteiger partial charge in [-0.1, -0.05) is 47.6 Å². The van der Waals surface area contributed by atoms with Gasteiger partial charge in [0, 0.05) is 10.9 Å². The van der Waals surface area contributed by atoms with Crippen LogP contribution in [0.4, 0.5) is 0 Å². The molecule has 0 radical (unpaired) electrons. The number of aromatic nitrogens is 2. The molecule has 4 aromatic rings. The fourth-order valence-corrected chi connectivity index (χ4v) is 3.84. The van der Waals surface area contributed by atoms with Crippen molar-refractivity contribution in [2.45, 2.75) is 33.5 Å². The van der Waals surface area contributed by atoms with Gasteiger partial charge in [-0.3, -0.25) is 4.79 Å². The molecule has 0 aliphatic rings. The minimum absolute atomic E-state index is 0.167. The summed E-state index contributed by atoms with van der Waals surface area (Å²) in [7, 11) is 0. The van der Waals surface area contributed by atoms with Gasteiger partial charge in [0.25, 0.3) is 0 Å². The Labute approximate surface area is 184 Å². The van der Waals surface area contributed by atoms with E-state index in [0.717, 1.165) is 38.8 Å². The molecule has 0 atom stereocenters. The molecule has 0 spiro atoms. The average molecular weight is 435 g/mol. The monoisotopic (exact) mass is 434 g/mol. The Bertz CT molecular complexity index is 1130. The van der Waals surface area contributed by atoms with E-state index in [4.69, 9.17) is 14.0 Å². The van der Waals surface area contributed by atoms with Crippen LogP contribution in [0.15, 0.2) is 64.5 Å². The molecule has 0 aliphatic heterocycles. The summed E-state index contributed by atoms with van der Waals surface area (Å²) in [5, 5.41) is 6.75. The number of aryl methyl sites for hydroxylation is 2. The Kier molecular flexibility index (Phi) is 6.43. The first-order valence-electron chi connectivity index (χ1n) is 9.87. The van der Waals surface area contributed by atoms with E-state index in [-0.39, 0.29) is 19.0 Å². The van der Waals surface area contributed by atoms with Crippen LogP contribution in [0.5, 0.6) is 5.75 Å². The fourth-order valence-electron chi connectivity index (χ4n) is 3.03. The molecule has 2 heterocycles. The number of benzene rings is 2. The molecule has 0 N–H and O–H groups in total. The van der Waals surface area contributed by atoms with Crippen LogP contribution in [0.3, 0.4) is 0 Å². The number of rotatable bonds is 8. The van der Waals surface area contributed by atoms with Gasteiger partial charge in [0.05, 0.1) is 23.4 Å². The van der Waals surface area contributed by atoms with Gasteiger partial charge < -0.3 is 14.0 Å². The molecule has 31 heavy (non-hydrogen) atoms. The normalized spacial score (nSPS) is 10.8. The lowest BCUT2D eigenvalue weighted by Gasteiger charge is -2.07. The molecule has 6 nitrogen and oxygen atoms in total. The van der Waals surface area contributed by atoms with Crippen molar-refractivity contribution in [1.82, 2.24) is 10.1 Å². The van der Waals surface area contributed by atoms with E-state index in [0.29, 0.717) is 12.4 Å². The molecular weight excluding hydrogens is 412 g/mol. The molecule has 7 heteroatoms. The molecule has 0 saturated carbocycles. The van der Waals surface area contributed by atoms with Crippen LogP contribution in [0, 0.1) is 13.8 Å². The SMILES string of the molecule is Cc1noc(C)c1COc1ccc(CC(=O)OCc2csc(-c3ccccc3)n2)cc1. The Balaban J connectivity index is 1.26. The molecular formula is C24H22N2O4S. The highest BCUT2D eigenvalue weighted by Gasteiger charge is 2.11. The Morgan fingerprint density at radius 2 is 1.81 bits per heavy atom. The quantitative estimate of drug-likeness (QED) is 0.351. The highest BCUT2D eigenvalue weighted by atomic mass is 32.1. The van der Waals surface area contributed by atoms with Gasteiger partial charge in [0.15, 0.2) is 0 Å². The summed E-state index contributed by atoms with van der Waals surface area (Å²) in [5.41, 5.74) is 4.44. The van der Waals surface area contributed by atoms with Gasteiger partial charge in [-0.05, 0) is 31.5 Å². The van der Waals surface area contributed by atoms with Crippen molar-refractivity contribution in [1.29, 1.82) is 0 Å². The van der Waals surface area contributed by atoms with Crippen molar-refractivity contribution in [3.8, 4) is 16.3 Å². The Morgan fingerprint density at radius 3 is 2.52 bits per heavy atom. The summed E-state index contributed by atoms with van der Waals surface area (Å²) in [6.07, 6.45) is 0.194. The van der Waals surface area contributed by atoms with Crippen LogP contribution in [0.25, 0.3) is 10.6 Å². The molecule has 0 fully saturated rings. The molecule has 0 saturated heterocycles. The smallest absolute Gasteiger partial charge is 0.310 e. The van der Waals surface area contributed by atoms with E-state index in [9.17, 15) is 4.79 Å². The van der Waals surface area contributed by atoms with Crippen LogP contribution in [0.1, 0.15) is 28.3 Å². The van der Waals surface area contributed by atoms with E-state index >= 15 is 0 Å². The van der Waals surface area contributed by atoms with Crippen molar-refractivity contribution < 1.29 is 18.8 Å². The third kappa shape index (κ3) is 5.38. The van der Waals surface area contributed by atoms with Crippen LogP contribution in [-0.4, -0.2) is 16.1 Å². The van der Waals surface area contributed by atoms with Crippen molar-refractivity contribution in [2.75, 3.05) is 0 Å². The first-order chi connectivity index (χ1) is 15.1. The number of thiazole rings is 1. The van der Waals surface area contributed by atoms with Crippen molar-refractivity contribution in [3.05, 3.63) is 88.3 Å². The maximum Gasteiger partial charge on any atom is 0.310 e. The van der Waals surface area contributed by atoms with E-state index < -0.39 is 0 Å². The van der Waals surface area contributed by atoms with Crippen molar-refractivity contribution >= 4 is 17.3 Å². The van der Waals surface area contributed by atoms with Crippen LogP contribution in [0.2, 0.25) is 0 Å². The van der Waals surface area contributed by atoms with Gasteiger partial charge in [0.2, 0.25) is 0 Å². The maximum absolute atomic E-state index is 12.2. The Morgan fingerprint density at radius 1 is 1.03 bits per heavy atom. The van der Waals surface area contributed by atoms with Gasteiger partial charge in [-0.15, -0.1) is 11.3 Å². The molecule has 0 unspecified atom stereocenters. The molecule has 4 rings (SSSR count). The second-order valence-corrected chi connectivity index (χ2v) is 7.94. The Hall–Kier alpha value is -3.45. The van der Waals surface area contributed by atoms with Crippen LogP contribution < -0.4 is 4.74 Å². The number of esters is 1. The lowest BCUT2D eigenvalue weighted by Crippen LogP contribution is -2.08. The molecule has 0 bridgehead atoms. The number of hydrogen-bond donors (Lipinski definition) is 0. The summed E-state index contributed by atoms with van der Waals surface area (Å²) in [4.78, 5) is 16.7. The zero-order chi connectivity index (χ0) is 21.6. The van der Waals surface area contributed by atoms with E-state index in [1.807, 2.05) is 73.8 Å². The van der Waals surface area contributed by atoms with Crippen LogP contribution >= 0.6 is 11.3 Å². The maximum atomic E-state index is 12.2. The minimum Gasteiger partial charge on any atom is -0.489 e. The number of ether oxygens (including phenoxy) is 2. The zero-order valence-corrected chi connectivity index (χ0v) is 18.1. The van der Waals surface area contributed by atoms with Crippen LogP contribution in [-0.2, 0) is 29.2 Å². The van der Waals surface area contributed by atoms with Gasteiger partial charge in [-0.25, -0.2) is 4.98 Å². The number of carbonyl (C=O) groups excluding carboxylic acids is 1. The molecule has 2 aromatic carbocycles. The molecule has 0 aliphatic carbocycles. The second kappa shape index (κ2) is 9.57. The number of carbonyl (C=O) groups is 1. The largest absolute Gasteiger partial charge is 0.489 e. The minimum atomic E-state index is -0.293. The highest BCUT2D eigenvalue weighted by molar-refractivity contribution is 7.13. The average Bonchev–Trinajstić information content (AvgIpc) is 3.39. The summed E-state index contributed by atoms with van der Waals surface area (Å²) < 4.78 is 16.3. The molecule has 2 aromatic heterocycles. The van der Waals surface area contributed by atoms with E-state index in [1.54, 1.807) is 0 Å². The lowest BCUT2D eigenvalue weighted by molar-refractivity contribution is -0.144. The third-order valence-corrected chi connectivity index (χ3v) is 5.73. The summed E-state index contributed by atoms with van der Waals surface area (Å²) in [6.45, 7) is 4.31. The highest BCUT2D eigenvalue weighted by Crippen LogP contribution is 2.23. The molecule has 158 valence electrons.